The zero-order valence-electron chi connectivity index (χ0n) is 17.2. The summed E-state index contributed by atoms with van der Waals surface area (Å²) in [6.07, 6.45) is 2.40. The number of benzene rings is 1. The first-order chi connectivity index (χ1) is 14.5. The molecule has 0 aliphatic carbocycles. The summed E-state index contributed by atoms with van der Waals surface area (Å²) in [5.74, 6) is 0.358. The van der Waals surface area contributed by atoms with Gasteiger partial charge in [0.2, 0.25) is 0 Å². The molecule has 0 atom stereocenters. The van der Waals surface area contributed by atoms with E-state index in [0.717, 1.165) is 23.4 Å². The monoisotopic (exact) mass is 421 g/mol. The highest BCUT2D eigenvalue weighted by Gasteiger charge is 2.22. The summed E-state index contributed by atoms with van der Waals surface area (Å²) in [6.45, 7) is 6.73. The van der Waals surface area contributed by atoms with Gasteiger partial charge in [-0.15, -0.1) is 11.3 Å². The van der Waals surface area contributed by atoms with Crippen molar-refractivity contribution in [2.45, 2.75) is 33.7 Å². The summed E-state index contributed by atoms with van der Waals surface area (Å²) in [4.78, 5) is 34.6. The average Bonchev–Trinajstić information content (AvgIpc) is 3.35. The van der Waals surface area contributed by atoms with Gasteiger partial charge in [0.1, 0.15) is 10.5 Å². The van der Waals surface area contributed by atoms with Crippen LogP contribution in [0, 0.1) is 13.8 Å². The maximum Gasteiger partial charge on any atom is 0.268 e. The summed E-state index contributed by atoms with van der Waals surface area (Å²) in [5.41, 5.74) is 3.89. The first-order valence-corrected chi connectivity index (χ1v) is 10.7. The maximum absolute atomic E-state index is 13.3. The van der Waals surface area contributed by atoms with Gasteiger partial charge in [-0.3, -0.25) is 9.59 Å². The van der Waals surface area contributed by atoms with Crippen LogP contribution in [0.1, 0.15) is 40.8 Å². The number of nitrogens with one attached hydrogen (secondary N) is 1. The highest BCUT2D eigenvalue weighted by atomic mass is 32.1. The predicted molar refractivity (Wildman–Crippen MR) is 118 cm³/mol. The van der Waals surface area contributed by atoms with Crippen LogP contribution >= 0.6 is 11.3 Å². The highest BCUT2D eigenvalue weighted by molar-refractivity contribution is 7.17. The number of amides is 1. The molecule has 8 heteroatoms. The van der Waals surface area contributed by atoms with Crippen LogP contribution in [-0.2, 0) is 6.54 Å². The van der Waals surface area contributed by atoms with E-state index in [-0.39, 0.29) is 18.0 Å². The van der Waals surface area contributed by atoms with Crippen molar-refractivity contribution >= 4 is 27.5 Å². The van der Waals surface area contributed by atoms with Crippen molar-refractivity contribution < 1.29 is 4.79 Å². The Morgan fingerprint density at radius 2 is 1.97 bits per heavy atom. The van der Waals surface area contributed by atoms with Crippen LogP contribution in [0.3, 0.4) is 0 Å². The van der Waals surface area contributed by atoms with Gasteiger partial charge in [0.15, 0.2) is 0 Å². The zero-order chi connectivity index (χ0) is 21.3. The van der Waals surface area contributed by atoms with Crippen LogP contribution in [0.15, 0.2) is 46.7 Å². The number of carbonyl (C=O) groups excluding carboxylic acids is 1. The fourth-order valence-electron chi connectivity index (χ4n) is 3.44. The number of hydrogen-bond donors (Lipinski definition) is 1. The molecule has 154 valence electrons. The fourth-order valence-corrected chi connectivity index (χ4v) is 4.16. The molecule has 4 aromatic rings. The molecule has 1 aromatic carbocycles. The van der Waals surface area contributed by atoms with Crippen LogP contribution in [0.4, 0.5) is 0 Å². The molecule has 3 aromatic heterocycles. The Bertz CT molecular complexity index is 1250. The summed E-state index contributed by atoms with van der Waals surface area (Å²) in [5, 5.41) is 6.27. The summed E-state index contributed by atoms with van der Waals surface area (Å²) >= 11 is 1.36. The molecule has 0 saturated heterocycles. The van der Waals surface area contributed by atoms with Gasteiger partial charge in [0.05, 0.1) is 35.2 Å². The largest absolute Gasteiger partial charge is 0.331 e. The lowest BCUT2D eigenvalue weighted by Gasteiger charge is -2.21. The van der Waals surface area contributed by atoms with Crippen LogP contribution in [0.25, 0.3) is 15.9 Å². The van der Waals surface area contributed by atoms with Crippen molar-refractivity contribution in [3.05, 3.63) is 74.9 Å². The van der Waals surface area contributed by atoms with Crippen molar-refractivity contribution in [1.29, 1.82) is 0 Å². The Hall–Kier alpha value is -3.26. The van der Waals surface area contributed by atoms with Crippen LogP contribution < -0.4 is 5.56 Å². The molecule has 30 heavy (non-hydrogen) atoms. The number of rotatable bonds is 6. The molecule has 7 nitrogen and oxygen atoms in total. The topological polar surface area (TPSA) is 83.9 Å². The minimum absolute atomic E-state index is 0.124. The number of hydrogen-bond acceptors (Lipinski definition) is 5. The van der Waals surface area contributed by atoms with Gasteiger partial charge >= 0.3 is 0 Å². The average molecular weight is 422 g/mol. The Kier molecular flexibility index (Phi) is 5.50. The smallest absolute Gasteiger partial charge is 0.268 e. The van der Waals surface area contributed by atoms with E-state index in [1.807, 2.05) is 56.5 Å². The molecule has 0 saturated carbocycles. The van der Waals surface area contributed by atoms with E-state index in [2.05, 4.69) is 15.1 Å². The SMILES string of the molecule is CCCN(Cc1nc2ccsc2c(=O)[nH]1)C(=O)c1cnn(-c2ccc(C)cc2)c1C. The molecular weight excluding hydrogens is 398 g/mol. The van der Waals surface area contributed by atoms with Crippen LogP contribution in [0.2, 0.25) is 0 Å². The van der Waals surface area contributed by atoms with Crippen molar-refractivity contribution in [3.8, 4) is 5.69 Å². The summed E-state index contributed by atoms with van der Waals surface area (Å²) < 4.78 is 2.37. The molecule has 1 amide bonds. The number of fused-ring (bicyclic) bond motifs is 1. The third-order valence-electron chi connectivity index (χ3n) is 5.00. The molecular formula is C22H23N5O2S. The van der Waals surface area contributed by atoms with Crippen LogP contribution in [-0.4, -0.2) is 37.1 Å². The molecule has 0 unspecified atom stereocenters. The van der Waals surface area contributed by atoms with Gasteiger partial charge in [0.25, 0.3) is 11.5 Å². The van der Waals surface area contributed by atoms with E-state index in [9.17, 15) is 9.59 Å². The Morgan fingerprint density at radius 1 is 1.20 bits per heavy atom. The zero-order valence-corrected chi connectivity index (χ0v) is 18.0. The second kappa shape index (κ2) is 8.23. The lowest BCUT2D eigenvalue weighted by atomic mass is 10.2. The van der Waals surface area contributed by atoms with Gasteiger partial charge in [-0.1, -0.05) is 24.6 Å². The number of carbonyl (C=O) groups is 1. The normalized spacial score (nSPS) is 11.2. The standard InChI is InChI=1S/C22H23N5O2S/c1-4-10-26(13-19-24-18-9-11-30-20(18)21(28)25-19)22(29)17-12-23-27(15(17)3)16-7-5-14(2)6-8-16/h5-9,11-12H,4,10,13H2,1-3H3,(H,24,25,28). The first-order valence-electron chi connectivity index (χ1n) is 9.85. The molecule has 0 radical (unpaired) electrons. The van der Waals surface area contributed by atoms with E-state index in [1.54, 1.807) is 15.8 Å². The van der Waals surface area contributed by atoms with Gasteiger partial charge < -0.3 is 9.88 Å². The summed E-state index contributed by atoms with van der Waals surface area (Å²) in [7, 11) is 0. The van der Waals surface area contributed by atoms with Crippen molar-refractivity contribution in [3.63, 3.8) is 0 Å². The molecule has 1 N–H and O–H groups in total. The van der Waals surface area contributed by atoms with E-state index in [0.29, 0.717) is 28.1 Å². The number of aromatic amines is 1. The number of thiophene rings is 1. The molecule has 0 bridgehead atoms. The molecule has 0 aliphatic heterocycles. The minimum Gasteiger partial charge on any atom is -0.331 e. The number of H-pyrrole nitrogens is 1. The molecule has 0 spiro atoms. The Balaban J connectivity index is 1.63. The van der Waals surface area contributed by atoms with E-state index < -0.39 is 0 Å². The van der Waals surface area contributed by atoms with Crippen molar-refractivity contribution in [1.82, 2.24) is 24.6 Å². The lowest BCUT2D eigenvalue weighted by Crippen LogP contribution is -2.33. The summed E-state index contributed by atoms with van der Waals surface area (Å²) in [6, 6.07) is 9.82. The molecule has 3 heterocycles. The second-order valence-corrected chi connectivity index (χ2v) is 8.18. The number of aryl methyl sites for hydroxylation is 1. The molecule has 0 fully saturated rings. The van der Waals surface area contributed by atoms with E-state index in [4.69, 9.17) is 0 Å². The Labute approximate surface area is 178 Å². The van der Waals surface area contributed by atoms with Crippen molar-refractivity contribution in [2.24, 2.45) is 0 Å². The highest BCUT2D eigenvalue weighted by Crippen LogP contribution is 2.18. The van der Waals surface area contributed by atoms with Gasteiger partial charge in [-0.2, -0.15) is 5.10 Å². The fraction of sp³-hybridized carbons (Fsp3) is 0.273. The van der Waals surface area contributed by atoms with Gasteiger partial charge in [0, 0.05) is 6.54 Å². The quantitative estimate of drug-likeness (QED) is 0.513. The number of nitrogens with zero attached hydrogens (tertiary/aromatic N) is 4. The van der Waals surface area contributed by atoms with Gasteiger partial charge in [-0.25, -0.2) is 9.67 Å². The van der Waals surface area contributed by atoms with Gasteiger partial charge in [-0.05, 0) is 43.8 Å². The third-order valence-corrected chi connectivity index (χ3v) is 5.91. The minimum atomic E-state index is -0.169. The molecule has 4 rings (SSSR count). The second-order valence-electron chi connectivity index (χ2n) is 7.27. The molecule has 0 aliphatic rings. The number of aromatic nitrogens is 4. The lowest BCUT2D eigenvalue weighted by molar-refractivity contribution is 0.0738. The first kappa shape index (κ1) is 20.0. The predicted octanol–water partition coefficient (Wildman–Crippen LogP) is 3.84. The maximum atomic E-state index is 13.3. The van der Waals surface area contributed by atoms with E-state index in [1.165, 1.54) is 11.3 Å². The van der Waals surface area contributed by atoms with E-state index >= 15 is 0 Å². The Morgan fingerprint density at radius 3 is 2.70 bits per heavy atom. The van der Waals surface area contributed by atoms with Crippen LogP contribution in [0.5, 0.6) is 0 Å². The van der Waals surface area contributed by atoms with Crippen molar-refractivity contribution in [2.75, 3.05) is 6.54 Å². The third kappa shape index (κ3) is 3.78.